The van der Waals surface area contributed by atoms with Crippen LogP contribution >= 0.6 is 11.8 Å². The Morgan fingerprint density at radius 3 is 2.48 bits per heavy atom. The van der Waals surface area contributed by atoms with E-state index in [9.17, 15) is 9.59 Å². The highest BCUT2D eigenvalue weighted by molar-refractivity contribution is 7.99. The Balaban J connectivity index is 1.52. The van der Waals surface area contributed by atoms with Crippen molar-refractivity contribution in [3.05, 3.63) is 87.0 Å². The Labute approximate surface area is 196 Å². The van der Waals surface area contributed by atoms with Crippen molar-refractivity contribution < 1.29 is 4.79 Å². The van der Waals surface area contributed by atoms with E-state index in [0.29, 0.717) is 18.1 Å². The van der Waals surface area contributed by atoms with Gasteiger partial charge in [0, 0.05) is 24.8 Å². The number of aromatic nitrogens is 4. The molecular formula is C25H27N5O2S. The number of carbonyl (C=O) groups is 1. The first kappa shape index (κ1) is 22.8. The maximum atomic E-state index is 13.3. The van der Waals surface area contributed by atoms with Crippen LogP contribution in [0.5, 0.6) is 0 Å². The first-order valence-corrected chi connectivity index (χ1v) is 11.8. The average molecular weight is 462 g/mol. The summed E-state index contributed by atoms with van der Waals surface area (Å²) in [5.74, 6) is -0.0363. The fourth-order valence-electron chi connectivity index (χ4n) is 3.74. The minimum Gasteiger partial charge on any atom is -0.351 e. The summed E-state index contributed by atoms with van der Waals surface area (Å²) in [6.45, 7) is 6.80. The van der Waals surface area contributed by atoms with Gasteiger partial charge in [-0.25, -0.2) is 4.98 Å². The van der Waals surface area contributed by atoms with Crippen LogP contribution in [-0.4, -0.2) is 31.0 Å². The second-order valence-corrected chi connectivity index (χ2v) is 9.09. The van der Waals surface area contributed by atoms with Crippen LogP contribution in [0.2, 0.25) is 0 Å². The van der Waals surface area contributed by atoms with Crippen molar-refractivity contribution in [2.45, 2.75) is 38.9 Å². The number of fused-ring (bicyclic) bond motifs is 1. The molecule has 8 heteroatoms. The van der Waals surface area contributed by atoms with Crippen molar-refractivity contribution in [3.8, 4) is 0 Å². The molecule has 0 saturated heterocycles. The van der Waals surface area contributed by atoms with Crippen LogP contribution in [0, 0.1) is 20.8 Å². The minimum atomic E-state index is -0.189. The number of nitrogens with zero attached hydrogens (tertiary/aromatic N) is 4. The molecule has 4 aromatic rings. The molecular weight excluding hydrogens is 434 g/mol. The molecule has 7 nitrogen and oxygen atoms in total. The van der Waals surface area contributed by atoms with Crippen molar-refractivity contribution >= 4 is 28.7 Å². The molecule has 1 amide bonds. The molecule has 2 aromatic carbocycles. The van der Waals surface area contributed by atoms with E-state index in [4.69, 9.17) is 0 Å². The molecule has 0 bridgehead atoms. The number of benzene rings is 2. The van der Waals surface area contributed by atoms with E-state index in [1.807, 2.05) is 76.3 Å². The SMILES string of the molecule is Cc1ccc(Cn2c(=O)c(SCC(=O)NCc3c(C)nn(C)c3C)nc3ccccc32)cc1. The number of amides is 1. The summed E-state index contributed by atoms with van der Waals surface area (Å²) in [6, 6.07) is 15.7. The maximum absolute atomic E-state index is 13.3. The van der Waals surface area contributed by atoms with Crippen molar-refractivity contribution in [2.24, 2.45) is 7.05 Å². The number of carbonyl (C=O) groups excluding carboxylic acids is 1. The second kappa shape index (κ2) is 9.62. The van der Waals surface area contributed by atoms with Crippen LogP contribution in [0.15, 0.2) is 58.4 Å². The van der Waals surface area contributed by atoms with Gasteiger partial charge in [0.05, 0.1) is 29.0 Å². The van der Waals surface area contributed by atoms with Crippen molar-refractivity contribution in [1.29, 1.82) is 0 Å². The molecule has 0 aliphatic rings. The van der Waals surface area contributed by atoms with Gasteiger partial charge in [-0.2, -0.15) is 5.10 Å². The monoisotopic (exact) mass is 461 g/mol. The van der Waals surface area contributed by atoms with Crippen molar-refractivity contribution in [3.63, 3.8) is 0 Å². The van der Waals surface area contributed by atoms with Crippen molar-refractivity contribution in [1.82, 2.24) is 24.6 Å². The predicted octanol–water partition coefficient (Wildman–Crippen LogP) is 3.51. The Hall–Kier alpha value is -3.39. The lowest BCUT2D eigenvalue weighted by Gasteiger charge is -2.12. The number of rotatable bonds is 7. The molecule has 0 unspecified atom stereocenters. The summed E-state index contributed by atoms with van der Waals surface area (Å²) >= 11 is 1.17. The van der Waals surface area contributed by atoms with Crippen LogP contribution in [0.1, 0.15) is 28.1 Å². The molecule has 2 aromatic heterocycles. The molecule has 33 heavy (non-hydrogen) atoms. The Morgan fingerprint density at radius 2 is 1.79 bits per heavy atom. The van der Waals surface area contributed by atoms with Crippen LogP contribution in [-0.2, 0) is 24.9 Å². The Morgan fingerprint density at radius 1 is 1.06 bits per heavy atom. The molecule has 1 N–H and O–H groups in total. The van der Waals surface area contributed by atoms with Gasteiger partial charge in [0.25, 0.3) is 5.56 Å². The third kappa shape index (κ3) is 5.01. The number of para-hydroxylation sites is 2. The van der Waals surface area contributed by atoms with Crippen LogP contribution < -0.4 is 10.9 Å². The average Bonchev–Trinajstić information content (AvgIpc) is 3.05. The van der Waals surface area contributed by atoms with Crippen LogP contribution in [0.3, 0.4) is 0 Å². The van der Waals surface area contributed by atoms with Gasteiger partial charge in [0.2, 0.25) is 5.91 Å². The third-order valence-corrected chi connectivity index (χ3v) is 6.69. The highest BCUT2D eigenvalue weighted by Gasteiger charge is 2.15. The number of hydrogen-bond acceptors (Lipinski definition) is 5. The van der Waals surface area contributed by atoms with E-state index in [1.54, 1.807) is 9.25 Å². The van der Waals surface area contributed by atoms with Gasteiger partial charge in [-0.05, 0) is 38.5 Å². The topological polar surface area (TPSA) is 81.8 Å². The van der Waals surface area contributed by atoms with Gasteiger partial charge >= 0.3 is 0 Å². The molecule has 0 radical (unpaired) electrons. The first-order valence-electron chi connectivity index (χ1n) is 10.8. The summed E-state index contributed by atoms with van der Waals surface area (Å²) < 4.78 is 3.54. The normalized spacial score (nSPS) is 11.2. The summed E-state index contributed by atoms with van der Waals surface area (Å²) in [7, 11) is 1.89. The van der Waals surface area contributed by atoms with Crippen LogP contribution in [0.25, 0.3) is 11.0 Å². The summed E-state index contributed by atoms with van der Waals surface area (Å²) in [6.07, 6.45) is 0. The standard InChI is InChI=1S/C25H27N5O2S/c1-16-9-11-19(12-10-16)14-30-22-8-6-5-7-21(22)27-24(25(30)32)33-15-23(31)26-13-20-17(2)28-29(4)18(20)3/h5-12H,13-15H2,1-4H3,(H,26,31). The van der Waals surface area contributed by atoms with E-state index in [0.717, 1.165) is 33.5 Å². The van der Waals surface area contributed by atoms with E-state index >= 15 is 0 Å². The van der Waals surface area contributed by atoms with E-state index < -0.39 is 0 Å². The number of hydrogen-bond donors (Lipinski definition) is 1. The van der Waals surface area contributed by atoms with Crippen molar-refractivity contribution in [2.75, 3.05) is 5.75 Å². The smallest absolute Gasteiger partial charge is 0.283 e. The zero-order valence-electron chi connectivity index (χ0n) is 19.3. The molecule has 0 atom stereocenters. The fraction of sp³-hybridized carbons (Fsp3) is 0.280. The van der Waals surface area contributed by atoms with E-state index in [-0.39, 0.29) is 17.2 Å². The lowest BCUT2D eigenvalue weighted by molar-refractivity contribution is -0.118. The quantitative estimate of drug-likeness (QED) is 0.426. The van der Waals surface area contributed by atoms with Gasteiger partial charge < -0.3 is 5.32 Å². The van der Waals surface area contributed by atoms with Crippen LogP contribution in [0.4, 0.5) is 0 Å². The molecule has 0 saturated carbocycles. The molecule has 2 heterocycles. The van der Waals surface area contributed by atoms with Gasteiger partial charge in [0.15, 0.2) is 5.03 Å². The molecule has 0 fully saturated rings. The lowest BCUT2D eigenvalue weighted by atomic mass is 10.1. The van der Waals surface area contributed by atoms with Gasteiger partial charge in [-0.15, -0.1) is 0 Å². The van der Waals surface area contributed by atoms with E-state index in [2.05, 4.69) is 15.4 Å². The number of nitrogens with one attached hydrogen (secondary N) is 1. The maximum Gasteiger partial charge on any atom is 0.283 e. The molecule has 0 aliphatic carbocycles. The van der Waals surface area contributed by atoms with Gasteiger partial charge in [-0.1, -0.05) is 53.7 Å². The molecule has 0 spiro atoms. The molecule has 0 aliphatic heterocycles. The zero-order chi connectivity index (χ0) is 23.5. The Kier molecular flexibility index (Phi) is 6.65. The van der Waals surface area contributed by atoms with E-state index in [1.165, 1.54) is 17.3 Å². The predicted molar refractivity (Wildman–Crippen MR) is 132 cm³/mol. The highest BCUT2D eigenvalue weighted by atomic mass is 32.2. The number of thioether (sulfide) groups is 1. The minimum absolute atomic E-state index is 0.115. The Bertz CT molecular complexity index is 1370. The summed E-state index contributed by atoms with van der Waals surface area (Å²) in [4.78, 5) is 30.3. The second-order valence-electron chi connectivity index (χ2n) is 8.12. The molecule has 4 rings (SSSR count). The lowest BCUT2D eigenvalue weighted by Crippen LogP contribution is -2.27. The summed E-state index contributed by atoms with van der Waals surface area (Å²) in [5, 5.41) is 7.63. The fourth-order valence-corrected chi connectivity index (χ4v) is 4.51. The number of aryl methyl sites for hydroxylation is 3. The highest BCUT2D eigenvalue weighted by Crippen LogP contribution is 2.18. The van der Waals surface area contributed by atoms with Gasteiger partial charge in [0.1, 0.15) is 0 Å². The first-order chi connectivity index (χ1) is 15.8. The van der Waals surface area contributed by atoms with Gasteiger partial charge in [-0.3, -0.25) is 18.8 Å². The molecule has 170 valence electrons. The third-order valence-electron chi connectivity index (χ3n) is 5.75. The largest absolute Gasteiger partial charge is 0.351 e. The summed E-state index contributed by atoms with van der Waals surface area (Å²) in [5.41, 5.74) is 6.47. The zero-order valence-corrected chi connectivity index (χ0v) is 20.1.